The van der Waals surface area contributed by atoms with E-state index in [1.54, 1.807) is 48.9 Å². The highest BCUT2D eigenvalue weighted by Gasteiger charge is 2.48. The number of para-hydroxylation sites is 1. The van der Waals surface area contributed by atoms with Crippen molar-refractivity contribution in [3.05, 3.63) is 291 Å². The molecule has 122 heavy (non-hydrogen) atoms. The van der Waals surface area contributed by atoms with Gasteiger partial charge in [-0.2, -0.15) is 0 Å². The van der Waals surface area contributed by atoms with E-state index in [1.807, 2.05) is 152 Å². The molecule has 2 spiro atoms. The number of halogens is 6. The fourth-order valence-corrected chi connectivity index (χ4v) is 21.7. The van der Waals surface area contributed by atoms with Crippen molar-refractivity contribution in [2.24, 2.45) is 5.90 Å². The van der Waals surface area contributed by atoms with Gasteiger partial charge >= 0.3 is 0 Å². The average Bonchev–Trinajstić information content (AvgIpc) is 1.58. The van der Waals surface area contributed by atoms with Crippen LogP contribution in [0.4, 0.5) is 5.69 Å². The molecule has 4 fully saturated rings. The van der Waals surface area contributed by atoms with Crippen molar-refractivity contribution in [2.75, 3.05) is 144 Å². The Bertz CT molecular complexity index is 5210. The number of nitrogens with two attached hydrogens (primary N) is 1. The van der Waals surface area contributed by atoms with E-state index in [1.165, 1.54) is 37.5 Å². The Labute approximate surface area is 751 Å². The van der Waals surface area contributed by atoms with Crippen LogP contribution in [0, 0.1) is 13.8 Å². The van der Waals surface area contributed by atoms with Gasteiger partial charge in [0.15, 0.2) is 11.5 Å². The van der Waals surface area contributed by atoms with Gasteiger partial charge in [-0.1, -0.05) is 196 Å². The number of fused-ring (bicyclic) bond motifs is 4. The largest absolute Gasteiger partial charge is 0.493 e. The number of aryl methyl sites for hydroxylation is 3. The molecule has 648 valence electrons. The first-order chi connectivity index (χ1) is 58.6. The number of likely N-dealkylation sites (N-methyl/N-ethyl adjacent to an activating group) is 2. The Kier molecular flexibility index (Phi) is 30.5. The number of sulfonamides is 1. The third-order valence-corrected chi connectivity index (χ3v) is 30.2. The minimum absolute atomic E-state index is 0.00195. The Hall–Kier alpha value is -7.92. The summed E-state index contributed by atoms with van der Waals surface area (Å²) in [5.74, 6) is 7.16. The van der Waals surface area contributed by atoms with E-state index in [4.69, 9.17) is 94.6 Å². The number of benzene rings is 9. The molecular weight excluding hydrogens is 1680 g/mol. The van der Waals surface area contributed by atoms with Gasteiger partial charge in [-0.3, -0.25) is 18.7 Å². The van der Waals surface area contributed by atoms with Crippen molar-refractivity contribution >= 4 is 103 Å². The lowest BCUT2D eigenvalue weighted by molar-refractivity contribution is 0.0428. The highest BCUT2D eigenvalue weighted by molar-refractivity contribution is 7.92. The number of anilines is 1. The molecule has 0 saturated carbocycles. The SMILES string of the molecule is CN(C[C@@H](CCN1CCC2(CCc3ccccc32)CC1)c1ccc(Cl)c(Cl)c1)C(=O)c1ccccc1.COc1cc(C(=O)N2CC[C@](CCN3CCC(CON)(c4ccccc4)CC3)(c3ccc(Cl)c(Cl)c3)C2)cc(OC)c1OC.Cc1cc(C)cc(C(=O)N(C)C[C@@H](CCN2CCC3(CC2)CN(S(C)(=O)=O)c2ccccc23)c2ccc(Cl)c(Cl)c2)c1. The van der Waals surface area contributed by atoms with Gasteiger partial charge < -0.3 is 48.4 Å². The molecule has 5 heterocycles. The molecule has 1 aliphatic carbocycles. The number of piperidine rings is 3. The molecule has 4 saturated heterocycles. The van der Waals surface area contributed by atoms with E-state index in [2.05, 4.69) is 87.5 Å². The average molecular weight is 1790 g/mol. The fraction of sp³-hybridized carbons (Fsp3) is 0.418. The summed E-state index contributed by atoms with van der Waals surface area (Å²) >= 11 is 38.1. The van der Waals surface area contributed by atoms with Crippen LogP contribution in [0.25, 0.3) is 0 Å². The first-order valence-corrected chi connectivity index (χ1v) is 46.5. The van der Waals surface area contributed by atoms with Crippen LogP contribution in [0.2, 0.25) is 30.1 Å². The summed E-state index contributed by atoms with van der Waals surface area (Å²) in [6.45, 7) is 16.0. The maximum Gasteiger partial charge on any atom is 0.254 e. The molecule has 0 unspecified atom stereocenters. The van der Waals surface area contributed by atoms with Crippen LogP contribution in [0.5, 0.6) is 17.2 Å². The molecule has 5 aliphatic heterocycles. The lowest BCUT2D eigenvalue weighted by Gasteiger charge is -2.42. The number of hydrogen-bond donors (Lipinski definition) is 1. The second-order valence-electron chi connectivity index (χ2n) is 34.5. The van der Waals surface area contributed by atoms with Crippen molar-refractivity contribution in [3.8, 4) is 17.2 Å². The molecule has 9 aromatic rings. The first-order valence-electron chi connectivity index (χ1n) is 42.4. The summed E-state index contributed by atoms with van der Waals surface area (Å²) in [6.07, 6.45) is 13.5. The molecule has 0 radical (unpaired) electrons. The van der Waals surface area contributed by atoms with Crippen LogP contribution in [-0.4, -0.2) is 195 Å². The third kappa shape index (κ3) is 21.3. The smallest absolute Gasteiger partial charge is 0.254 e. The second kappa shape index (κ2) is 40.6. The van der Waals surface area contributed by atoms with Crippen LogP contribution in [0.1, 0.15) is 164 Å². The molecule has 3 atom stereocenters. The molecule has 2 N–H and O–H groups in total. The lowest BCUT2D eigenvalue weighted by atomic mass is 9.73. The Morgan fingerprint density at radius 3 is 1.48 bits per heavy atom. The highest BCUT2D eigenvalue weighted by atomic mass is 35.5. The van der Waals surface area contributed by atoms with Crippen molar-refractivity contribution in [3.63, 3.8) is 0 Å². The molecule has 24 heteroatoms. The highest BCUT2D eigenvalue weighted by Crippen LogP contribution is 2.50. The van der Waals surface area contributed by atoms with Crippen LogP contribution >= 0.6 is 69.6 Å². The van der Waals surface area contributed by atoms with Gasteiger partial charge in [0.1, 0.15) is 0 Å². The van der Waals surface area contributed by atoms with E-state index in [0.29, 0.717) is 109 Å². The van der Waals surface area contributed by atoms with Gasteiger partial charge in [-0.05, 0) is 273 Å². The molecular formula is C98H114Cl6N8O9S. The maximum absolute atomic E-state index is 13.9. The van der Waals surface area contributed by atoms with Crippen molar-refractivity contribution < 1.29 is 41.8 Å². The first kappa shape index (κ1) is 91.8. The van der Waals surface area contributed by atoms with Gasteiger partial charge in [0.05, 0.1) is 70.0 Å². The third-order valence-electron chi connectivity index (χ3n) is 26.8. The predicted octanol–water partition coefficient (Wildman–Crippen LogP) is 20.0. The number of amides is 3. The molecule has 0 aromatic heterocycles. The number of ether oxygens (including phenoxy) is 3. The van der Waals surface area contributed by atoms with Gasteiger partial charge in [-0.15, -0.1) is 0 Å². The summed E-state index contributed by atoms with van der Waals surface area (Å²) in [4.78, 5) is 58.7. The summed E-state index contributed by atoms with van der Waals surface area (Å²) in [6, 6.07) is 63.9. The number of hydrogen-bond acceptors (Lipinski definition) is 13. The zero-order valence-electron chi connectivity index (χ0n) is 71.3. The Morgan fingerprint density at radius 1 is 0.467 bits per heavy atom. The normalized spacial score (nSPS) is 18.4. The summed E-state index contributed by atoms with van der Waals surface area (Å²) < 4.78 is 43.2. The molecule has 3 amide bonds. The Balaban J connectivity index is 0.000000158. The van der Waals surface area contributed by atoms with E-state index < -0.39 is 10.0 Å². The van der Waals surface area contributed by atoms with Gasteiger partial charge in [0.2, 0.25) is 15.8 Å². The standard InChI is InChI=1S/C34H41Cl2N3O5.C33H39Cl2N3O3S.C31H34Cl2N2O/c1-41-29-19-24(20-30(42-2)31(29)43-3)32(40)39-18-14-33(22-39,26-9-10-27(35)28(36)21-26)11-15-38-16-12-34(13-17-38,23-44-37)25-7-5-4-6-8-25;1-23-17-24(2)19-27(18-23)32(39)36(3)21-26(25-9-10-29(34)30(35)20-25)11-14-37-15-12-33(13-16-37)22-38(42(4,40)41)31-8-6-5-7-28(31)33;1-34(30(36)24-8-3-2-4-9-24)22-26(25-11-12-28(32)29(33)21-25)14-18-35-19-16-31(17-20-35)15-13-23-7-5-6-10-27(23)31/h4-10,19-21H,11-18,22-23,37H2,1-3H3;5-10,17-20,26H,11-16,21-22H2,1-4H3;2-12,21,26H,13-20,22H2,1H3/t33-;2*26-/m011/s1. The van der Waals surface area contributed by atoms with Crippen molar-refractivity contribution in [2.45, 2.75) is 124 Å². The fourth-order valence-electron chi connectivity index (χ4n) is 19.8. The molecule has 0 bridgehead atoms. The van der Waals surface area contributed by atoms with Crippen LogP contribution in [0.15, 0.2) is 194 Å². The summed E-state index contributed by atoms with van der Waals surface area (Å²) in [5.41, 5.74) is 13.6. The number of carbonyl (C=O) groups is 3. The number of likely N-dealkylation sites (tertiary alicyclic amines) is 4. The zero-order chi connectivity index (χ0) is 86.7. The zero-order valence-corrected chi connectivity index (χ0v) is 76.6. The van der Waals surface area contributed by atoms with Gasteiger partial charge in [-0.25, -0.2) is 14.3 Å². The van der Waals surface area contributed by atoms with Crippen LogP contribution < -0.4 is 24.4 Å². The van der Waals surface area contributed by atoms with Crippen molar-refractivity contribution in [1.29, 1.82) is 0 Å². The predicted molar refractivity (Wildman–Crippen MR) is 495 cm³/mol. The number of nitrogens with zero attached hydrogens (tertiary/aromatic N) is 7. The topological polar surface area (TPSA) is 171 Å². The van der Waals surface area contributed by atoms with Gasteiger partial charge in [0.25, 0.3) is 17.7 Å². The van der Waals surface area contributed by atoms with E-state index in [0.717, 1.165) is 149 Å². The minimum atomic E-state index is -3.34. The molecule has 17 nitrogen and oxygen atoms in total. The maximum atomic E-state index is 13.9. The number of methoxy groups -OCH3 is 3. The quantitative estimate of drug-likeness (QED) is 0.0508. The van der Waals surface area contributed by atoms with E-state index in [-0.39, 0.29) is 45.8 Å². The minimum Gasteiger partial charge on any atom is -0.493 e. The molecule has 6 aliphatic rings. The second-order valence-corrected chi connectivity index (χ2v) is 38.8. The van der Waals surface area contributed by atoms with Crippen LogP contribution in [-0.2, 0) is 42.9 Å². The molecule has 9 aromatic carbocycles. The number of rotatable bonds is 26. The number of carbonyl (C=O) groups excluding carboxylic acids is 3. The molecule has 15 rings (SSSR count). The summed E-state index contributed by atoms with van der Waals surface area (Å²) in [5, 5.41) is 3.19. The summed E-state index contributed by atoms with van der Waals surface area (Å²) in [7, 11) is 5.05. The van der Waals surface area contributed by atoms with Crippen LogP contribution in [0.3, 0.4) is 0 Å². The lowest BCUT2D eigenvalue weighted by Crippen LogP contribution is -2.47. The van der Waals surface area contributed by atoms with Crippen molar-refractivity contribution in [1.82, 2.24) is 29.4 Å². The van der Waals surface area contributed by atoms with E-state index in [9.17, 15) is 22.8 Å². The van der Waals surface area contributed by atoms with E-state index >= 15 is 0 Å². The van der Waals surface area contributed by atoms with Gasteiger partial charge in [0, 0.05) is 91.6 Å². The monoisotopic (exact) mass is 1790 g/mol. The Morgan fingerprint density at radius 2 is 0.951 bits per heavy atom.